The Morgan fingerprint density at radius 3 is 2.02 bits per heavy atom. The fourth-order valence-corrected chi connectivity index (χ4v) is 6.43. The topological polar surface area (TPSA) is 88.2 Å². The standard InChI is InChI=1S/C31H59N5O2.C5H11NO/c1-12-23(5)36(13-2)29(37)26-18-16-20-35(26)21-27(22(3)4)34(11)30(38)28(31(7,8)9)32-24(6)25-17-14-15-19-33(25)10;1-5(2,3)6-4-7/h22-23,25-28,32H,6,12-21H2,1-5,7-11H3;4H,1-3H3,(H,6,7)/t23?,25?,26-,27?,28?;/m0./s1. The average molecular weight is 635 g/mol. The Kier molecular flexibility index (Phi) is 16.6. The Morgan fingerprint density at radius 1 is 0.978 bits per heavy atom. The maximum Gasteiger partial charge on any atom is 0.245 e. The van der Waals surface area contributed by atoms with Crippen LogP contribution in [-0.2, 0) is 14.4 Å². The first-order valence-corrected chi connectivity index (χ1v) is 17.5. The molecule has 2 saturated heterocycles. The predicted molar refractivity (Wildman–Crippen MR) is 188 cm³/mol. The summed E-state index contributed by atoms with van der Waals surface area (Å²) in [7, 11) is 4.10. The highest BCUT2D eigenvalue weighted by molar-refractivity contribution is 5.83. The van der Waals surface area contributed by atoms with Gasteiger partial charge in [-0.2, -0.15) is 0 Å². The Labute approximate surface area is 276 Å². The third-order valence-corrected chi connectivity index (χ3v) is 9.54. The van der Waals surface area contributed by atoms with Crippen LogP contribution in [0.5, 0.6) is 0 Å². The van der Waals surface area contributed by atoms with Gasteiger partial charge in [0.05, 0.1) is 6.04 Å². The second-order valence-electron chi connectivity index (χ2n) is 15.8. The van der Waals surface area contributed by atoms with E-state index in [0.717, 1.165) is 57.6 Å². The van der Waals surface area contributed by atoms with Crippen LogP contribution in [0.3, 0.4) is 0 Å². The predicted octanol–water partition coefficient (Wildman–Crippen LogP) is 5.11. The largest absolute Gasteiger partial charge is 0.376 e. The van der Waals surface area contributed by atoms with Gasteiger partial charge in [-0.1, -0.05) is 54.5 Å². The van der Waals surface area contributed by atoms with Crippen LogP contribution in [0.4, 0.5) is 0 Å². The zero-order valence-corrected chi connectivity index (χ0v) is 31.3. The molecule has 0 saturated carbocycles. The lowest BCUT2D eigenvalue weighted by Crippen LogP contribution is -2.59. The van der Waals surface area contributed by atoms with Crippen LogP contribution in [0.1, 0.15) is 115 Å². The van der Waals surface area contributed by atoms with Crippen LogP contribution in [0, 0.1) is 11.3 Å². The zero-order chi connectivity index (χ0) is 34.7. The fourth-order valence-electron chi connectivity index (χ4n) is 6.43. The van der Waals surface area contributed by atoms with E-state index in [1.165, 1.54) is 12.8 Å². The molecule has 0 aromatic heterocycles. The van der Waals surface area contributed by atoms with Crippen molar-refractivity contribution in [1.82, 2.24) is 30.2 Å². The molecule has 0 radical (unpaired) electrons. The van der Waals surface area contributed by atoms with E-state index in [-0.39, 0.29) is 58.9 Å². The van der Waals surface area contributed by atoms with Crippen molar-refractivity contribution in [3.8, 4) is 0 Å². The first-order chi connectivity index (χ1) is 20.8. The first kappa shape index (κ1) is 40.9. The lowest BCUT2D eigenvalue weighted by Gasteiger charge is -2.42. The number of rotatable bonds is 13. The molecule has 2 rings (SSSR count). The van der Waals surface area contributed by atoms with E-state index in [0.29, 0.717) is 6.41 Å². The van der Waals surface area contributed by atoms with Crippen LogP contribution in [0.15, 0.2) is 12.3 Å². The Balaban J connectivity index is 0.00000129. The van der Waals surface area contributed by atoms with Gasteiger partial charge in [-0.15, -0.1) is 0 Å². The molecule has 5 atom stereocenters. The summed E-state index contributed by atoms with van der Waals surface area (Å²) < 4.78 is 0. The number of carbonyl (C=O) groups excluding carboxylic acids is 3. The van der Waals surface area contributed by atoms with Crippen molar-refractivity contribution in [2.24, 2.45) is 11.3 Å². The van der Waals surface area contributed by atoms with Crippen LogP contribution in [0.25, 0.3) is 0 Å². The van der Waals surface area contributed by atoms with Crippen molar-refractivity contribution < 1.29 is 14.4 Å². The molecular formula is C36H70N6O3. The van der Waals surface area contributed by atoms with Crippen molar-refractivity contribution in [3.63, 3.8) is 0 Å². The molecular weight excluding hydrogens is 564 g/mol. The summed E-state index contributed by atoms with van der Waals surface area (Å²) in [5.74, 6) is 0.621. The summed E-state index contributed by atoms with van der Waals surface area (Å²) in [5.41, 5.74) is 0.611. The Hall–Kier alpha value is -2.13. The van der Waals surface area contributed by atoms with Gasteiger partial charge in [0.25, 0.3) is 0 Å². The average Bonchev–Trinajstić information content (AvgIpc) is 3.41. The quantitative estimate of drug-likeness (QED) is 0.274. The number of piperidine rings is 1. The third-order valence-electron chi connectivity index (χ3n) is 9.54. The van der Waals surface area contributed by atoms with E-state index in [2.05, 4.69) is 89.4 Å². The Bertz CT molecular complexity index is 940. The Morgan fingerprint density at radius 2 is 1.58 bits per heavy atom. The van der Waals surface area contributed by atoms with Crippen LogP contribution in [0.2, 0.25) is 0 Å². The van der Waals surface area contributed by atoms with Gasteiger partial charge < -0.3 is 20.4 Å². The van der Waals surface area contributed by atoms with Gasteiger partial charge in [-0.25, -0.2) is 0 Å². The maximum absolute atomic E-state index is 14.1. The van der Waals surface area contributed by atoms with E-state index in [4.69, 9.17) is 0 Å². The molecule has 0 aliphatic carbocycles. The fraction of sp³-hybridized carbons (Fsp3) is 0.861. The van der Waals surface area contributed by atoms with Gasteiger partial charge in [0.15, 0.2) is 0 Å². The number of nitrogens with one attached hydrogen (secondary N) is 2. The minimum atomic E-state index is -0.367. The molecule has 45 heavy (non-hydrogen) atoms. The number of hydrogen-bond acceptors (Lipinski definition) is 6. The van der Waals surface area contributed by atoms with Gasteiger partial charge in [-0.3, -0.25) is 24.2 Å². The van der Waals surface area contributed by atoms with E-state index in [9.17, 15) is 14.4 Å². The molecule has 262 valence electrons. The SMILES string of the molecule is C=C(NC(C(=O)N(C)C(CN1CCC[C@H]1C(=O)N(CC)C(C)CC)C(C)C)C(C)(C)C)C1CCCCN1C.CC(C)(C)NC=O. The van der Waals surface area contributed by atoms with Gasteiger partial charge >= 0.3 is 0 Å². The van der Waals surface area contributed by atoms with Gasteiger partial charge in [0.2, 0.25) is 18.2 Å². The molecule has 3 amide bonds. The van der Waals surface area contributed by atoms with Gasteiger partial charge in [0, 0.05) is 49.5 Å². The zero-order valence-electron chi connectivity index (χ0n) is 31.3. The van der Waals surface area contributed by atoms with E-state index in [1.807, 2.05) is 37.6 Å². The molecule has 2 fully saturated rings. The summed E-state index contributed by atoms with van der Waals surface area (Å²) in [5, 5.41) is 6.20. The van der Waals surface area contributed by atoms with Crippen molar-refractivity contribution in [1.29, 1.82) is 0 Å². The molecule has 2 heterocycles. The summed E-state index contributed by atoms with van der Waals surface area (Å²) in [6.45, 7) is 30.7. The maximum atomic E-state index is 14.1. The highest BCUT2D eigenvalue weighted by Crippen LogP contribution is 2.28. The molecule has 2 aliphatic rings. The molecule has 2 aliphatic heterocycles. The van der Waals surface area contributed by atoms with Crippen LogP contribution >= 0.6 is 0 Å². The molecule has 9 heteroatoms. The number of nitrogens with zero attached hydrogens (tertiary/aromatic N) is 4. The van der Waals surface area contributed by atoms with Crippen molar-refractivity contribution in [3.05, 3.63) is 12.3 Å². The second kappa shape index (κ2) is 18.3. The molecule has 2 N–H and O–H groups in total. The van der Waals surface area contributed by atoms with Crippen LogP contribution in [-0.4, -0.2) is 114 Å². The van der Waals surface area contributed by atoms with Gasteiger partial charge in [0.1, 0.15) is 6.04 Å². The molecule has 0 bridgehead atoms. The minimum Gasteiger partial charge on any atom is -0.376 e. The van der Waals surface area contributed by atoms with Crippen molar-refractivity contribution in [2.45, 2.75) is 150 Å². The lowest BCUT2D eigenvalue weighted by molar-refractivity contribution is -0.140. The third kappa shape index (κ3) is 12.5. The number of likely N-dealkylation sites (tertiary alicyclic amines) is 2. The number of likely N-dealkylation sites (N-methyl/N-ethyl adjacent to an activating group) is 3. The highest BCUT2D eigenvalue weighted by Gasteiger charge is 2.40. The highest BCUT2D eigenvalue weighted by atomic mass is 16.2. The molecule has 0 aromatic carbocycles. The first-order valence-electron chi connectivity index (χ1n) is 17.5. The van der Waals surface area contributed by atoms with Crippen molar-refractivity contribution >= 4 is 18.2 Å². The van der Waals surface area contributed by atoms with Crippen LogP contribution < -0.4 is 10.6 Å². The second-order valence-corrected chi connectivity index (χ2v) is 15.8. The van der Waals surface area contributed by atoms with E-state index < -0.39 is 0 Å². The summed E-state index contributed by atoms with van der Waals surface area (Å²) >= 11 is 0. The smallest absolute Gasteiger partial charge is 0.245 e. The number of carbonyl (C=O) groups is 3. The summed E-state index contributed by atoms with van der Waals surface area (Å²) in [6.07, 6.45) is 7.08. The van der Waals surface area contributed by atoms with E-state index >= 15 is 0 Å². The summed E-state index contributed by atoms with van der Waals surface area (Å²) in [4.78, 5) is 46.1. The minimum absolute atomic E-state index is 0.0202. The molecule has 9 nitrogen and oxygen atoms in total. The molecule has 0 aromatic rings. The lowest BCUT2D eigenvalue weighted by atomic mass is 9.84. The van der Waals surface area contributed by atoms with Crippen molar-refractivity contribution in [2.75, 3.05) is 40.3 Å². The monoisotopic (exact) mass is 635 g/mol. The summed E-state index contributed by atoms with van der Waals surface area (Å²) in [6, 6.07) is 0.0679. The number of amides is 3. The molecule has 4 unspecified atom stereocenters. The number of hydrogen-bond donors (Lipinski definition) is 2. The normalized spacial score (nSPS) is 21.6. The van der Waals surface area contributed by atoms with E-state index in [1.54, 1.807) is 0 Å². The molecule has 0 spiro atoms. The van der Waals surface area contributed by atoms with Gasteiger partial charge in [-0.05, 0) is 98.2 Å².